The molecule has 100 heavy (non-hydrogen) atoms. The molecule has 21 nitrogen and oxygen atoms in total. The first-order valence-electron chi connectivity index (χ1n) is 33.6. The van der Waals surface area contributed by atoms with Crippen LogP contribution in [0, 0.1) is 35.3 Å². The summed E-state index contributed by atoms with van der Waals surface area (Å²) in [5.74, 6) is 0.561. The fourth-order valence-corrected chi connectivity index (χ4v) is 15.3. The predicted octanol–water partition coefficient (Wildman–Crippen LogP) is 12.1. The van der Waals surface area contributed by atoms with Crippen molar-refractivity contribution in [1.29, 1.82) is 0 Å². The second kappa shape index (κ2) is 41.6. The standard InChI is InChI=1S/C16H23BFNO3.C12H25N3OP.C8H6BFO4.C8H19N.C7H18N2.C7H8O3S.C6H8N2.CH3F.F6P.H3N/c1-5-11(16(2,3)4)8-19-15(20)12-7-6-10-9-22-17(21)13(10)14(12)18;16-17(13-7-1-2-8-13,14-9-3-4-10-14)15-11-5-6-12-15;10-7-5(8(11)12)2-1-4-3-14-9(13)6(4)7;1-6-9(7(2)3)8(4)5;1-5-6(9-8)7(2,3)4;1-6-2-4-7(5-3-6)11(8,9)10;7-5-3-1-2-4-6(5)8;1-2;1-7(2,3,4,5)6;/h6-7,11,21H,5,8-9H2,1-4H3,(H,19,20);16H,1-12H2;1-2,13H,3H2,(H,11,12);7-8H,6H2,1-5H3;6,9H,5,8H2,1-4H3;2-5H,1H3,(H,8,9,10);1-4H,7-8H2;1H3;;1H3/q;+1;;;;;;;-1;/t11-;;;;6-;;;;;/m0...1...../s1/i;;;;;;;1D;;. The molecule has 9 rings (SSSR count). The van der Waals surface area contributed by atoms with E-state index in [0.717, 1.165) is 70.3 Å². The van der Waals surface area contributed by atoms with Gasteiger partial charge in [0, 0.05) is 68.8 Å². The van der Waals surface area contributed by atoms with Crippen LogP contribution in [0.1, 0.15) is 180 Å². The van der Waals surface area contributed by atoms with E-state index in [9.17, 15) is 75.9 Å². The van der Waals surface area contributed by atoms with Crippen LogP contribution >= 0.6 is 15.8 Å². The third-order valence-electron chi connectivity index (χ3n) is 16.6. The quantitative estimate of drug-likeness (QED) is 0.0140. The predicted molar refractivity (Wildman–Crippen MR) is 384 cm³/mol. The summed E-state index contributed by atoms with van der Waals surface area (Å²) in [7, 11) is -20.7. The molecule has 5 aliphatic heterocycles. The number of fused-ring (bicyclic) bond motifs is 2. The van der Waals surface area contributed by atoms with Gasteiger partial charge >= 0.3 is 61.1 Å². The molecule has 2 atom stereocenters. The first-order valence-corrected chi connectivity index (χ1v) is 37.9. The number of anilines is 2. The number of aryl methyl sites for hydroxylation is 1. The largest absolute Gasteiger partial charge is 0.494 e. The summed E-state index contributed by atoms with van der Waals surface area (Å²) in [6, 6.07) is 20.6. The topological polar surface area (TPSA) is 342 Å². The van der Waals surface area contributed by atoms with Gasteiger partial charge in [-0.15, -0.1) is 14.0 Å². The Kier molecular flexibility index (Phi) is 38.8. The maximum absolute atomic E-state index is 14.4. The van der Waals surface area contributed by atoms with E-state index in [2.05, 4.69) is 126 Å². The summed E-state index contributed by atoms with van der Waals surface area (Å²) in [6.45, 7) is 38.8. The number of para-hydroxylation sites is 2. The van der Waals surface area contributed by atoms with E-state index < -0.39 is 76.3 Å². The van der Waals surface area contributed by atoms with Crippen LogP contribution in [0.5, 0.6) is 0 Å². The third-order valence-corrected chi connectivity index (χ3v) is 20.9. The van der Waals surface area contributed by atoms with Gasteiger partial charge in [0.25, 0.3) is 5.91 Å². The van der Waals surface area contributed by atoms with Gasteiger partial charge in [0.05, 0.1) is 55.2 Å². The molecule has 1 amide bonds. The van der Waals surface area contributed by atoms with Crippen molar-refractivity contribution in [3.05, 3.63) is 112 Å². The second-order valence-corrected chi connectivity index (χ2v) is 32.8. The van der Waals surface area contributed by atoms with E-state index >= 15 is 0 Å². The average Bonchev–Trinajstić information content (AvgIpc) is 1.61. The minimum absolute atomic E-state index is 0. The Labute approximate surface area is 589 Å². The van der Waals surface area contributed by atoms with Gasteiger partial charge in [-0.3, -0.25) is 19.9 Å². The number of nitrogens with zero attached hydrogens (tertiary/aromatic N) is 4. The number of alkyl halides is 1. The monoisotopic (exact) mass is 1500 g/mol. The van der Waals surface area contributed by atoms with Crippen molar-refractivity contribution in [3.63, 3.8) is 0 Å². The molecule has 3 fully saturated rings. The number of nitrogen functional groups attached to an aromatic ring is 2. The average molecular weight is 1500 g/mol. The van der Waals surface area contributed by atoms with E-state index in [0.29, 0.717) is 58.5 Å². The minimum atomic E-state index is -10.7. The molecule has 5 heterocycles. The summed E-state index contributed by atoms with van der Waals surface area (Å²) >= 11 is 0. The first kappa shape index (κ1) is 93.2. The number of nitrogens with one attached hydrogen (secondary N) is 2. The van der Waals surface area contributed by atoms with Crippen molar-refractivity contribution in [2.45, 2.75) is 185 Å². The molecule has 0 aromatic heterocycles. The molecule has 5 aliphatic rings. The molecule has 0 radical (unpaired) electrons. The number of hydrogen-bond donors (Lipinski definition) is 10. The van der Waals surface area contributed by atoms with Crippen molar-refractivity contribution < 1.29 is 97.5 Å². The third kappa shape index (κ3) is 33.3. The van der Waals surface area contributed by atoms with Crippen LogP contribution in [-0.2, 0) is 32.6 Å². The summed E-state index contributed by atoms with van der Waals surface area (Å²) in [5, 5.41) is 30.3. The maximum atomic E-state index is 14.4. The summed E-state index contributed by atoms with van der Waals surface area (Å²) in [5.41, 5.74) is 17.1. The number of nitrogens with two attached hydrogens (primary N) is 2. The molecule has 574 valence electrons. The van der Waals surface area contributed by atoms with Crippen LogP contribution in [0.15, 0.2) is 77.7 Å². The normalized spacial score (nSPS) is 16.7. The van der Waals surface area contributed by atoms with Crippen molar-refractivity contribution in [3.8, 4) is 0 Å². The Bertz CT molecular complexity index is 3150. The SMILES string of the molecule is CCN(C(C)C)C(C)C.CC[C@@H](CNC(=O)c1ccc2c(c1F)B(O)OC2)C(C)(C)C.CC[C@@H](N[NH3+])C(C)(C)C.Cc1ccc(S(=O)(=O)[O-])cc1.F[P-](F)(F)(F)(F)F.N.Nc1ccccc1N.O=C(O)c1ccc2c(c1F)B(O)OC2.O[P+](N1CCCC1)(N1CCCC1)N1CCCC1.[2H]CF. The number of benzene rings is 4. The van der Waals surface area contributed by atoms with Crippen LogP contribution in [0.4, 0.5) is 49.7 Å². The van der Waals surface area contributed by atoms with Crippen molar-refractivity contribution >= 4 is 74.3 Å². The van der Waals surface area contributed by atoms with Gasteiger partial charge in [-0.25, -0.2) is 22.0 Å². The number of amides is 1. The number of hydrogen-bond acceptors (Lipinski definition) is 18. The Hall–Kier alpha value is -4.79. The zero-order chi connectivity index (χ0) is 77.0. The molecular formula is C65H113B2F9N10O11P2S. The van der Waals surface area contributed by atoms with E-state index in [1.807, 2.05) is 19.1 Å². The van der Waals surface area contributed by atoms with Gasteiger partial charge in [0.15, 0.2) is 0 Å². The van der Waals surface area contributed by atoms with Crippen LogP contribution in [0.25, 0.3) is 0 Å². The second-order valence-electron chi connectivity index (χ2n) is 26.7. The van der Waals surface area contributed by atoms with Gasteiger partial charge < -0.3 is 52.0 Å². The van der Waals surface area contributed by atoms with Gasteiger partial charge in [0.1, 0.15) is 21.8 Å². The molecule has 0 spiro atoms. The molecule has 0 bridgehead atoms. The van der Waals surface area contributed by atoms with Gasteiger partial charge in [-0.05, 0) is 150 Å². The number of carboxylic acid groups (broad SMARTS) is 1. The number of quaternary nitrogens is 1. The van der Waals surface area contributed by atoms with Crippen LogP contribution < -0.4 is 45.1 Å². The summed E-state index contributed by atoms with van der Waals surface area (Å²) in [4.78, 5) is 36.5. The van der Waals surface area contributed by atoms with Crippen LogP contribution in [0.3, 0.4) is 0 Å². The van der Waals surface area contributed by atoms with Gasteiger partial charge in [-0.1, -0.05) is 111 Å². The van der Waals surface area contributed by atoms with Crippen molar-refractivity contribution in [2.75, 3.05) is 71.0 Å². The fourth-order valence-electron chi connectivity index (χ4n) is 11.3. The molecule has 4 aromatic rings. The Morgan fingerprint density at radius 3 is 1.33 bits per heavy atom. The van der Waals surface area contributed by atoms with E-state index in [1.54, 1.807) is 30.3 Å². The first-order chi connectivity index (χ1) is 46.0. The molecule has 0 saturated carbocycles. The number of carbonyl (C=O) groups is 2. The Morgan fingerprint density at radius 1 is 0.710 bits per heavy atom. The van der Waals surface area contributed by atoms with E-state index in [4.69, 9.17) is 27.3 Å². The molecule has 4 aromatic carbocycles. The smallest absolute Gasteiger partial charge is 0.478 e. The molecule has 35 heteroatoms. The fraction of sp³-hybridized carbons (Fsp3) is 0.600. The van der Waals surface area contributed by atoms with Crippen LogP contribution in [-0.4, -0.2) is 156 Å². The molecule has 3 saturated heterocycles. The Morgan fingerprint density at radius 2 is 1.07 bits per heavy atom. The number of carboxylic acids is 1. The number of carbonyl (C=O) groups excluding carboxylic acids is 1. The van der Waals surface area contributed by atoms with Gasteiger partial charge in [0.2, 0.25) is 0 Å². The maximum Gasteiger partial charge on any atom is 0.494 e. The molecular weight excluding hydrogens is 1380 g/mol. The zero-order valence-corrected chi connectivity index (χ0v) is 63.1. The Balaban J connectivity index is 0.00000116. The summed E-state index contributed by atoms with van der Waals surface area (Å²) in [6.07, 6.45) is 9.69. The van der Waals surface area contributed by atoms with E-state index in [1.165, 1.54) is 62.8 Å². The molecule has 0 aliphatic carbocycles. The number of halogens is 9. The molecule has 16 N–H and O–H groups in total. The van der Waals surface area contributed by atoms with E-state index in [-0.39, 0.29) is 46.2 Å². The van der Waals surface area contributed by atoms with Gasteiger partial charge in [-0.2, -0.15) is 10.3 Å². The van der Waals surface area contributed by atoms with Crippen LogP contribution in [0.2, 0.25) is 0 Å². The van der Waals surface area contributed by atoms with Crippen molar-refractivity contribution in [2.24, 2.45) is 16.7 Å². The number of aromatic carboxylic acids is 1. The summed E-state index contributed by atoms with van der Waals surface area (Å²) < 4.78 is 151. The minimum Gasteiger partial charge on any atom is -0.478 e. The van der Waals surface area contributed by atoms with Crippen molar-refractivity contribution in [1.82, 2.24) is 35.8 Å². The molecule has 0 unspecified atom stereocenters. The zero-order valence-electron chi connectivity index (χ0n) is 61.5. The number of rotatable bonds is 14.